The summed E-state index contributed by atoms with van der Waals surface area (Å²) in [4.78, 5) is 33.7. The van der Waals surface area contributed by atoms with Crippen LogP contribution in [0.15, 0.2) is 86.0 Å². The van der Waals surface area contributed by atoms with Gasteiger partial charge in [0.05, 0.1) is 12.7 Å². The summed E-state index contributed by atoms with van der Waals surface area (Å²) < 4.78 is 3.65. The molecule has 0 aliphatic carbocycles. The van der Waals surface area contributed by atoms with Crippen LogP contribution in [0.2, 0.25) is 0 Å². The number of aromatic nitrogens is 4. The Morgan fingerprint density at radius 3 is 1.72 bits per heavy atom. The molecule has 144 valence electrons. The molecule has 0 saturated heterocycles. The number of rotatable bonds is 6. The van der Waals surface area contributed by atoms with E-state index in [-0.39, 0.29) is 0 Å². The monoisotopic (exact) mass is 385 g/mol. The highest BCUT2D eigenvalue weighted by molar-refractivity contribution is 6.18. The first kappa shape index (κ1) is 18.5. The van der Waals surface area contributed by atoms with Crippen LogP contribution in [-0.4, -0.2) is 30.7 Å². The molecular formula is C22H19N5O2. The number of imidazole rings is 2. The van der Waals surface area contributed by atoms with Crippen molar-refractivity contribution in [3.63, 3.8) is 0 Å². The van der Waals surface area contributed by atoms with Gasteiger partial charge in [0, 0.05) is 41.7 Å². The molecule has 4 rings (SSSR count). The first-order valence-electron chi connectivity index (χ1n) is 9.02. The molecule has 0 fully saturated rings. The average Bonchev–Trinajstić information content (AvgIpc) is 3.47. The molecule has 0 saturated carbocycles. The highest BCUT2D eigenvalue weighted by Gasteiger charge is 2.41. The smallest absolute Gasteiger partial charge is 0.194 e. The summed E-state index contributed by atoms with van der Waals surface area (Å²) in [6, 6.07) is 13.9. The number of nitrogens with two attached hydrogens (primary N) is 1. The van der Waals surface area contributed by atoms with Crippen molar-refractivity contribution in [3.05, 3.63) is 97.1 Å². The van der Waals surface area contributed by atoms with Gasteiger partial charge >= 0.3 is 0 Å². The van der Waals surface area contributed by atoms with E-state index in [0.717, 1.165) is 11.4 Å². The van der Waals surface area contributed by atoms with Crippen LogP contribution < -0.4 is 5.73 Å². The van der Waals surface area contributed by atoms with Gasteiger partial charge in [0.2, 0.25) is 0 Å². The quantitative estimate of drug-likeness (QED) is 0.407. The van der Waals surface area contributed by atoms with Gasteiger partial charge < -0.3 is 14.9 Å². The van der Waals surface area contributed by atoms with E-state index in [4.69, 9.17) is 5.73 Å². The van der Waals surface area contributed by atoms with Gasteiger partial charge in [0.25, 0.3) is 0 Å². The van der Waals surface area contributed by atoms with Crippen LogP contribution in [0, 0.1) is 0 Å². The fraction of sp³-hybridized carbons (Fsp3) is 0.0909. The maximum atomic E-state index is 13.2. The van der Waals surface area contributed by atoms with Crippen LogP contribution in [0.4, 0.5) is 0 Å². The zero-order valence-electron chi connectivity index (χ0n) is 15.8. The molecule has 4 aromatic rings. The van der Waals surface area contributed by atoms with Gasteiger partial charge in [-0.15, -0.1) is 0 Å². The van der Waals surface area contributed by atoms with Crippen LogP contribution >= 0.6 is 0 Å². The lowest BCUT2D eigenvalue weighted by Crippen LogP contribution is -2.50. The summed E-state index contributed by atoms with van der Waals surface area (Å²) in [5.74, 6) is -0.867. The zero-order valence-corrected chi connectivity index (χ0v) is 15.8. The molecule has 2 aromatic heterocycles. The van der Waals surface area contributed by atoms with Gasteiger partial charge in [0.1, 0.15) is 0 Å². The van der Waals surface area contributed by atoms with Crippen molar-refractivity contribution in [1.82, 2.24) is 19.1 Å². The first-order chi connectivity index (χ1) is 14.0. The predicted molar refractivity (Wildman–Crippen MR) is 108 cm³/mol. The van der Waals surface area contributed by atoms with Crippen LogP contribution in [0.1, 0.15) is 22.8 Å². The average molecular weight is 385 g/mol. The minimum Gasteiger partial charge on any atom is -0.309 e. The van der Waals surface area contributed by atoms with E-state index in [1.54, 1.807) is 79.8 Å². The molecule has 0 amide bonds. The van der Waals surface area contributed by atoms with Gasteiger partial charge in [0.15, 0.2) is 17.1 Å². The summed E-state index contributed by atoms with van der Waals surface area (Å²) in [5.41, 5.74) is 7.17. The molecule has 7 heteroatoms. The van der Waals surface area contributed by atoms with Crippen molar-refractivity contribution in [2.24, 2.45) is 5.73 Å². The van der Waals surface area contributed by atoms with E-state index in [9.17, 15) is 9.59 Å². The molecule has 2 heterocycles. The highest BCUT2D eigenvalue weighted by Crippen LogP contribution is 2.26. The van der Waals surface area contributed by atoms with Crippen molar-refractivity contribution < 1.29 is 9.59 Å². The summed E-state index contributed by atoms with van der Waals surface area (Å²) in [6.45, 7) is 1.33. The lowest BCUT2D eigenvalue weighted by Gasteiger charge is -2.26. The number of hydrogen-bond donors (Lipinski definition) is 1. The van der Waals surface area contributed by atoms with Gasteiger partial charge in [-0.05, 0) is 48.9 Å². The molecule has 29 heavy (non-hydrogen) atoms. The summed E-state index contributed by atoms with van der Waals surface area (Å²) in [6.07, 6.45) is 10.3. The third-order valence-corrected chi connectivity index (χ3v) is 4.97. The van der Waals surface area contributed by atoms with Crippen molar-refractivity contribution in [3.8, 4) is 11.4 Å². The third kappa shape index (κ3) is 3.28. The Kier molecular flexibility index (Phi) is 4.66. The largest absolute Gasteiger partial charge is 0.309 e. The third-order valence-electron chi connectivity index (χ3n) is 4.97. The maximum Gasteiger partial charge on any atom is 0.194 e. The minimum atomic E-state index is -1.76. The van der Waals surface area contributed by atoms with Gasteiger partial charge in [-0.25, -0.2) is 9.97 Å². The molecule has 7 nitrogen and oxygen atoms in total. The van der Waals surface area contributed by atoms with Crippen molar-refractivity contribution in [1.29, 1.82) is 0 Å². The van der Waals surface area contributed by atoms with Gasteiger partial charge in [-0.1, -0.05) is 12.1 Å². The van der Waals surface area contributed by atoms with E-state index in [2.05, 4.69) is 9.97 Å². The van der Waals surface area contributed by atoms with Crippen LogP contribution in [0.5, 0.6) is 0 Å². The first-order valence-corrected chi connectivity index (χ1v) is 9.02. The lowest BCUT2D eigenvalue weighted by atomic mass is 9.80. The van der Waals surface area contributed by atoms with Crippen LogP contribution in [-0.2, 0) is 10.3 Å². The second-order valence-corrected chi connectivity index (χ2v) is 6.73. The summed E-state index contributed by atoms with van der Waals surface area (Å²) in [5, 5.41) is 0. The van der Waals surface area contributed by atoms with E-state index in [0.29, 0.717) is 11.1 Å². The fourth-order valence-corrected chi connectivity index (χ4v) is 3.23. The maximum absolute atomic E-state index is 13.2. The number of carbonyl (C=O) groups excluding carboxylic acids is 2. The Labute approximate surface area is 167 Å². The fourth-order valence-electron chi connectivity index (χ4n) is 3.23. The molecule has 2 aromatic carbocycles. The Balaban J connectivity index is 1.67. The predicted octanol–water partition coefficient (Wildman–Crippen LogP) is 2.68. The second-order valence-electron chi connectivity index (χ2n) is 6.73. The van der Waals surface area contributed by atoms with E-state index < -0.39 is 17.1 Å². The number of benzene rings is 2. The number of nitrogens with zero attached hydrogens (tertiary/aromatic N) is 4. The minimum absolute atomic E-state index is 0.366. The molecule has 0 bridgehead atoms. The lowest BCUT2D eigenvalue weighted by molar-refractivity contribution is -0.120. The SMILES string of the molecule is CC(=O)C(N)(C(=O)c1ccc(-n2ccnc2)cc1)c1ccc(-n2ccnc2)cc1. The van der Waals surface area contributed by atoms with Crippen molar-refractivity contribution >= 4 is 11.6 Å². The van der Waals surface area contributed by atoms with Crippen LogP contribution in [0.25, 0.3) is 11.4 Å². The Morgan fingerprint density at radius 2 is 1.31 bits per heavy atom. The van der Waals surface area contributed by atoms with Gasteiger partial charge in [-0.3, -0.25) is 9.59 Å². The van der Waals surface area contributed by atoms with E-state index >= 15 is 0 Å². The molecular weight excluding hydrogens is 366 g/mol. The Morgan fingerprint density at radius 1 is 0.828 bits per heavy atom. The van der Waals surface area contributed by atoms with E-state index in [1.165, 1.54) is 6.92 Å². The number of carbonyl (C=O) groups is 2. The Hall–Kier alpha value is -3.84. The van der Waals surface area contributed by atoms with Crippen molar-refractivity contribution in [2.75, 3.05) is 0 Å². The van der Waals surface area contributed by atoms with E-state index in [1.807, 2.05) is 15.3 Å². The standard InChI is InChI=1S/C22H19N5O2/c1-16(28)22(23,18-4-8-20(9-5-18)27-13-11-25-15-27)21(29)17-2-6-19(7-3-17)26-12-10-24-14-26/h2-15H,23H2,1H3. The topological polar surface area (TPSA) is 95.8 Å². The van der Waals surface area contributed by atoms with Gasteiger partial charge in [-0.2, -0.15) is 0 Å². The second kappa shape index (κ2) is 7.29. The molecule has 0 aliphatic heterocycles. The molecule has 2 N–H and O–H groups in total. The molecule has 0 radical (unpaired) electrons. The number of Topliss-reactive ketones (excluding diaryl/α,β-unsaturated/α-hetero) is 2. The molecule has 1 unspecified atom stereocenters. The molecule has 0 spiro atoms. The molecule has 1 atom stereocenters. The molecule has 0 aliphatic rings. The normalized spacial score (nSPS) is 13.0. The zero-order chi connectivity index (χ0) is 20.4. The summed E-state index contributed by atoms with van der Waals surface area (Å²) in [7, 11) is 0. The van der Waals surface area contributed by atoms with Crippen molar-refractivity contribution in [2.45, 2.75) is 12.5 Å². The summed E-state index contributed by atoms with van der Waals surface area (Å²) >= 11 is 0. The number of ketones is 2. The highest BCUT2D eigenvalue weighted by atomic mass is 16.2. The number of hydrogen-bond acceptors (Lipinski definition) is 5. The van der Waals surface area contributed by atoms with Crippen LogP contribution in [0.3, 0.4) is 0 Å². The Bertz CT molecular complexity index is 1130.